The number of thiophene rings is 1. The van der Waals surface area contributed by atoms with Crippen LogP contribution in [-0.2, 0) is 19.5 Å². The van der Waals surface area contributed by atoms with Gasteiger partial charge in [0.25, 0.3) is 5.56 Å². The summed E-state index contributed by atoms with van der Waals surface area (Å²) in [6.07, 6.45) is 4.01. The quantitative estimate of drug-likeness (QED) is 0.590. The molecule has 3 aromatic heterocycles. The van der Waals surface area contributed by atoms with Gasteiger partial charge in [0, 0.05) is 18.9 Å². The molecule has 3 heterocycles. The van der Waals surface area contributed by atoms with Crippen LogP contribution in [0.4, 0.5) is 0 Å². The fourth-order valence-corrected chi connectivity index (χ4v) is 4.14. The van der Waals surface area contributed by atoms with E-state index < -0.39 is 0 Å². The summed E-state index contributed by atoms with van der Waals surface area (Å²) < 4.78 is 2.98. The standard InChI is InChI=1S/C19H18N4O2S/c1-13-12-26-18-16(13)17(24)22(10-7-14-5-3-2-4-6-14)19(25)23(18)11-15-20-8-9-21-15/h2-6,8-9,12H,7,10-11H2,1H3,(H,20,21). The second-order valence-electron chi connectivity index (χ2n) is 6.20. The monoisotopic (exact) mass is 366 g/mol. The van der Waals surface area contributed by atoms with E-state index in [1.54, 1.807) is 17.0 Å². The molecule has 6 nitrogen and oxygen atoms in total. The SMILES string of the molecule is Cc1csc2c1c(=O)n(CCc1ccccc1)c(=O)n2Cc1ncc[nH]1. The smallest absolute Gasteiger partial charge is 0.332 e. The zero-order chi connectivity index (χ0) is 18.1. The molecule has 1 aromatic carbocycles. The molecule has 0 spiro atoms. The molecule has 132 valence electrons. The molecule has 0 atom stereocenters. The normalized spacial score (nSPS) is 11.3. The van der Waals surface area contributed by atoms with Crippen molar-refractivity contribution in [3.63, 3.8) is 0 Å². The van der Waals surface area contributed by atoms with Crippen molar-refractivity contribution >= 4 is 21.6 Å². The van der Waals surface area contributed by atoms with Crippen LogP contribution in [0.25, 0.3) is 10.2 Å². The maximum atomic E-state index is 13.1. The minimum atomic E-state index is -0.295. The molecule has 0 amide bonds. The van der Waals surface area contributed by atoms with E-state index in [4.69, 9.17) is 0 Å². The van der Waals surface area contributed by atoms with Gasteiger partial charge >= 0.3 is 5.69 Å². The number of aryl methyl sites for hydroxylation is 2. The summed E-state index contributed by atoms with van der Waals surface area (Å²) in [6.45, 7) is 2.57. The minimum Gasteiger partial charge on any atom is -0.347 e. The Kier molecular flexibility index (Phi) is 4.30. The van der Waals surface area contributed by atoms with Gasteiger partial charge in [0.2, 0.25) is 0 Å². The highest BCUT2D eigenvalue weighted by molar-refractivity contribution is 7.17. The Hall–Kier alpha value is -2.93. The Bertz CT molecular complexity index is 1150. The van der Waals surface area contributed by atoms with Gasteiger partial charge in [-0.05, 0) is 29.9 Å². The van der Waals surface area contributed by atoms with E-state index in [1.807, 2.05) is 42.6 Å². The molecule has 26 heavy (non-hydrogen) atoms. The number of H-pyrrole nitrogens is 1. The first-order chi connectivity index (χ1) is 12.6. The predicted octanol–water partition coefficient (Wildman–Crippen LogP) is 2.55. The van der Waals surface area contributed by atoms with E-state index in [-0.39, 0.29) is 11.2 Å². The summed E-state index contributed by atoms with van der Waals surface area (Å²) in [5, 5.41) is 2.54. The largest absolute Gasteiger partial charge is 0.347 e. The highest BCUT2D eigenvalue weighted by Crippen LogP contribution is 2.21. The maximum absolute atomic E-state index is 13.1. The number of nitrogens with one attached hydrogen (secondary N) is 1. The van der Waals surface area contributed by atoms with Crippen LogP contribution >= 0.6 is 11.3 Å². The van der Waals surface area contributed by atoms with Gasteiger partial charge in [0.05, 0.1) is 11.9 Å². The number of benzene rings is 1. The van der Waals surface area contributed by atoms with E-state index in [2.05, 4.69) is 9.97 Å². The Morgan fingerprint density at radius 1 is 1.15 bits per heavy atom. The van der Waals surface area contributed by atoms with Crippen molar-refractivity contribution < 1.29 is 0 Å². The van der Waals surface area contributed by atoms with E-state index in [0.29, 0.717) is 35.6 Å². The third-order valence-corrected chi connectivity index (χ3v) is 5.57. The van der Waals surface area contributed by atoms with Gasteiger partial charge in [-0.15, -0.1) is 11.3 Å². The van der Waals surface area contributed by atoms with Crippen LogP contribution in [0.5, 0.6) is 0 Å². The lowest BCUT2D eigenvalue weighted by Crippen LogP contribution is -2.40. The highest BCUT2D eigenvalue weighted by Gasteiger charge is 2.17. The van der Waals surface area contributed by atoms with Crippen LogP contribution in [-0.4, -0.2) is 19.1 Å². The topological polar surface area (TPSA) is 72.7 Å². The minimum absolute atomic E-state index is 0.213. The number of aromatic amines is 1. The zero-order valence-electron chi connectivity index (χ0n) is 14.3. The van der Waals surface area contributed by atoms with Gasteiger partial charge in [0.15, 0.2) is 0 Å². The van der Waals surface area contributed by atoms with E-state index in [9.17, 15) is 9.59 Å². The lowest BCUT2D eigenvalue weighted by molar-refractivity contribution is 0.586. The average Bonchev–Trinajstić information content (AvgIpc) is 3.29. The molecule has 4 rings (SSSR count). The molecule has 4 aromatic rings. The highest BCUT2D eigenvalue weighted by atomic mass is 32.1. The first-order valence-corrected chi connectivity index (χ1v) is 9.26. The summed E-state index contributed by atoms with van der Waals surface area (Å²) in [6, 6.07) is 9.87. The zero-order valence-corrected chi connectivity index (χ0v) is 15.1. The van der Waals surface area contributed by atoms with Crippen molar-refractivity contribution in [2.75, 3.05) is 0 Å². The van der Waals surface area contributed by atoms with Gasteiger partial charge in [-0.25, -0.2) is 9.78 Å². The Labute approximate surface area is 153 Å². The summed E-state index contributed by atoms with van der Waals surface area (Å²) in [5.41, 5.74) is 1.49. The second-order valence-corrected chi connectivity index (χ2v) is 7.05. The third-order valence-electron chi connectivity index (χ3n) is 4.45. The lowest BCUT2D eigenvalue weighted by atomic mass is 10.1. The van der Waals surface area contributed by atoms with E-state index in [1.165, 1.54) is 15.9 Å². The van der Waals surface area contributed by atoms with Crippen LogP contribution in [0.2, 0.25) is 0 Å². The Morgan fingerprint density at radius 3 is 2.69 bits per heavy atom. The number of hydrogen-bond donors (Lipinski definition) is 1. The summed E-state index contributed by atoms with van der Waals surface area (Å²) in [4.78, 5) is 33.9. The third kappa shape index (κ3) is 2.90. The van der Waals surface area contributed by atoms with E-state index >= 15 is 0 Å². The number of fused-ring (bicyclic) bond motifs is 1. The van der Waals surface area contributed by atoms with Gasteiger partial charge in [-0.2, -0.15) is 0 Å². The summed E-state index contributed by atoms with van der Waals surface area (Å²) in [5.74, 6) is 0.688. The van der Waals surface area contributed by atoms with Crippen LogP contribution < -0.4 is 11.2 Å². The average molecular weight is 366 g/mol. The molecule has 0 aliphatic carbocycles. The number of nitrogens with zero attached hydrogens (tertiary/aromatic N) is 3. The molecule has 0 radical (unpaired) electrons. The van der Waals surface area contributed by atoms with E-state index in [0.717, 1.165) is 11.1 Å². The van der Waals surface area contributed by atoms with Crippen LogP contribution in [0.3, 0.4) is 0 Å². The van der Waals surface area contributed by atoms with Gasteiger partial charge < -0.3 is 4.98 Å². The van der Waals surface area contributed by atoms with Gasteiger partial charge in [-0.1, -0.05) is 30.3 Å². The molecular formula is C19H18N4O2S. The van der Waals surface area contributed by atoms with Crippen molar-refractivity contribution in [2.45, 2.75) is 26.4 Å². The molecule has 0 saturated heterocycles. The van der Waals surface area contributed by atoms with Crippen molar-refractivity contribution in [3.8, 4) is 0 Å². The summed E-state index contributed by atoms with van der Waals surface area (Å²) >= 11 is 1.42. The van der Waals surface area contributed by atoms with Crippen molar-refractivity contribution in [3.05, 3.63) is 85.9 Å². The van der Waals surface area contributed by atoms with Crippen molar-refractivity contribution in [2.24, 2.45) is 0 Å². The fourth-order valence-electron chi connectivity index (χ4n) is 3.10. The Morgan fingerprint density at radius 2 is 1.96 bits per heavy atom. The second kappa shape index (κ2) is 6.76. The number of imidazole rings is 1. The van der Waals surface area contributed by atoms with Gasteiger partial charge in [-0.3, -0.25) is 13.9 Å². The molecule has 0 saturated carbocycles. The van der Waals surface area contributed by atoms with Gasteiger partial charge in [0.1, 0.15) is 10.7 Å². The molecule has 0 fully saturated rings. The van der Waals surface area contributed by atoms with Crippen molar-refractivity contribution in [1.29, 1.82) is 0 Å². The Balaban J connectivity index is 1.82. The molecular weight excluding hydrogens is 348 g/mol. The lowest BCUT2D eigenvalue weighted by Gasteiger charge is -2.11. The molecule has 0 bridgehead atoms. The molecule has 0 aliphatic rings. The molecule has 7 heteroatoms. The first-order valence-electron chi connectivity index (χ1n) is 8.39. The summed E-state index contributed by atoms with van der Waals surface area (Å²) in [7, 11) is 0. The molecule has 1 N–H and O–H groups in total. The maximum Gasteiger partial charge on any atom is 0.332 e. The fraction of sp³-hybridized carbons (Fsp3) is 0.211. The first kappa shape index (κ1) is 16.5. The number of rotatable bonds is 5. The van der Waals surface area contributed by atoms with Crippen molar-refractivity contribution in [1.82, 2.24) is 19.1 Å². The van der Waals surface area contributed by atoms with Crippen LogP contribution in [0.1, 0.15) is 17.0 Å². The predicted molar refractivity (Wildman–Crippen MR) is 103 cm³/mol. The van der Waals surface area contributed by atoms with Crippen LogP contribution in [0.15, 0.2) is 57.7 Å². The van der Waals surface area contributed by atoms with Crippen LogP contribution in [0, 0.1) is 6.92 Å². The number of aromatic nitrogens is 4. The molecule has 0 aliphatic heterocycles. The number of hydrogen-bond acceptors (Lipinski definition) is 4. The molecule has 0 unspecified atom stereocenters.